The minimum absolute atomic E-state index is 0.0559. The summed E-state index contributed by atoms with van der Waals surface area (Å²) in [6, 6.07) is 0. The van der Waals surface area contributed by atoms with Crippen LogP contribution in [0.5, 0.6) is 0 Å². The number of rotatable bonds is 1. The highest BCUT2D eigenvalue weighted by atomic mass is 16.3. The molecule has 16 heavy (non-hydrogen) atoms. The molecule has 2 heterocycles. The Morgan fingerprint density at radius 2 is 2.00 bits per heavy atom. The maximum atomic E-state index is 11.7. The molecule has 2 saturated heterocycles. The number of hydrogen-bond donors (Lipinski definition) is 3. The topological polar surface area (TPSA) is 78.4 Å². The third kappa shape index (κ3) is 2.41. The third-order valence-corrected chi connectivity index (χ3v) is 3.50. The smallest absolute Gasteiger partial charge is 0.232 e. The average molecular weight is 226 g/mol. The lowest BCUT2D eigenvalue weighted by Crippen LogP contribution is -2.51. The molecule has 0 aromatic heterocycles. The zero-order valence-electron chi connectivity index (χ0n) is 9.24. The maximum Gasteiger partial charge on any atom is 0.232 e. The first kappa shape index (κ1) is 11.5. The number of imide groups is 1. The molecule has 2 fully saturated rings. The van der Waals surface area contributed by atoms with Crippen molar-refractivity contribution >= 4 is 11.8 Å². The highest BCUT2D eigenvalue weighted by molar-refractivity contribution is 5.99. The van der Waals surface area contributed by atoms with Crippen LogP contribution in [0.25, 0.3) is 0 Å². The van der Waals surface area contributed by atoms with Crippen LogP contribution < -0.4 is 10.6 Å². The summed E-state index contributed by atoms with van der Waals surface area (Å²) in [6.45, 7) is 1.86. The normalized spacial score (nSPS) is 36.7. The summed E-state index contributed by atoms with van der Waals surface area (Å²) < 4.78 is 0. The lowest BCUT2D eigenvalue weighted by molar-refractivity contribution is -0.144. The summed E-state index contributed by atoms with van der Waals surface area (Å²) in [6.07, 6.45) is 2.11. The highest BCUT2D eigenvalue weighted by Crippen LogP contribution is 2.29. The molecule has 3 atom stereocenters. The van der Waals surface area contributed by atoms with E-state index in [-0.39, 0.29) is 24.2 Å². The van der Waals surface area contributed by atoms with E-state index < -0.39 is 12.0 Å². The molecule has 2 amide bonds. The van der Waals surface area contributed by atoms with E-state index >= 15 is 0 Å². The molecule has 5 nitrogen and oxygen atoms in total. The molecule has 0 aromatic rings. The molecule has 5 heteroatoms. The molecular formula is C11H18N2O3. The number of carbonyl (C=O) groups excluding carboxylic acids is 2. The number of amides is 2. The van der Waals surface area contributed by atoms with Gasteiger partial charge in [0.2, 0.25) is 11.8 Å². The van der Waals surface area contributed by atoms with Crippen LogP contribution in [0.2, 0.25) is 0 Å². The van der Waals surface area contributed by atoms with Gasteiger partial charge in [-0.25, -0.2) is 0 Å². The van der Waals surface area contributed by atoms with Crippen LogP contribution in [0.1, 0.15) is 25.7 Å². The summed E-state index contributed by atoms with van der Waals surface area (Å²) in [5, 5.41) is 15.4. The van der Waals surface area contributed by atoms with Crippen LogP contribution in [-0.2, 0) is 9.59 Å². The summed E-state index contributed by atoms with van der Waals surface area (Å²) in [5.74, 6) is -0.869. The Labute approximate surface area is 94.6 Å². The predicted octanol–water partition coefficient (Wildman–Crippen LogP) is -0.600. The molecule has 2 rings (SSSR count). The minimum atomic E-state index is -0.802. The monoisotopic (exact) mass is 226 g/mol. The van der Waals surface area contributed by atoms with Gasteiger partial charge < -0.3 is 10.4 Å². The van der Waals surface area contributed by atoms with E-state index in [1.165, 1.54) is 0 Å². The third-order valence-electron chi connectivity index (χ3n) is 3.50. The van der Waals surface area contributed by atoms with Crippen LogP contribution in [0.3, 0.4) is 0 Å². The predicted molar refractivity (Wildman–Crippen MR) is 57.5 cm³/mol. The van der Waals surface area contributed by atoms with Gasteiger partial charge in [0.1, 0.15) is 0 Å². The quantitative estimate of drug-likeness (QED) is 0.522. The van der Waals surface area contributed by atoms with Gasteiger partial charge in [-0.05, 0) is 38.3 Å². The van der Waals surface area contributed by atoms with E-state index in [1.807, 2.05) is 0 Å². The summed E-state index contributed by atoms with van der Waals surface area (Å²) in [5.41, 5.74) is 0. The molecule has 2 aliphatic rings. The molecule has 90 valence electrons. The fourth-order valence-corrected chi connectivity index (χ4v) is 2.70. The van der Waals surface area contributed by atoms with Gasteiger partial charge >= 0.3 is 0 Å². The highest BCUT2D eigenvalue weighted by Gasteiger charge is 2.39. The van der Waals surface area contributed by atoms with E-state index in [9.17, 15) is 14.7 Å². The van der Waals surface area contributed by atoms with Crippen molar-refractivity contribution in [2.75, 3.05) is 13.1 Å². The lowest BCUT2D eigenvalue weighted by atomic mass is 9.79. The van der Waals surface area contributed by atoms with Crippen LogP contribution in [0.4, 0.5) is 0 Å². The number of piperidine rings is 1. The number of hydrogen-bond acceptors (Lipinski definition) is 4. The first-order valence-electron chi connectivity index (χ1n) is 5.91. The Kier molecular flexibility index (Phi) is 3.56. The van der Waals surface area contributed by atoms with Crippen molar-refractivity contribution in [1.29, 1.82) is 0 Å². The Hall–Kier alpha value is -0.940. The lowest BCUT2D eigenvalue weighted by Gasteiger charge is -2.32. The van der Waals surface area contributed by atoms with Gasteiger partial charge in [0.05, 0.1) is 18.4 Å². The summed E-state index contributed by atoms with van der Waals surface area (Å²) in [7, 11) is 0. The maximum absolute atomic E-state index is 11.7. The van der Waals surface area contributed by atoms with Crippen molar-refractivity contribution in [1.82, 2.24) is 10.6 Å². The minimum Gasteiger partial charge on any atom is -0.392 e. The Morgan fingerprint density at radius 3 is 2.75 bits per heavy atom. The van der Waals surface area contributed by atoms with Crippen molar-refractivity contribution in [2.24, 2.45) is 11.8 Å². The standard InChI is InChI=1S/C11H18N2O3/c14-8-6-9(15)13-11(16)10(8)7-2-1-4-12-5-3-7/h7-8,10,12,14H,1-6H2,(H,13,15,16). The van der Waals surface area contributed by atoms with Crippen LogP contribution in [0.15, 0.2) is 0 Å². The molecule has 0 spiro atoms. The van der Waals surface area contributed by atoms with E-state index in [0.29, 0.717) is 0 Å². The molecule has 0 radical (unpaired) electrons. The van der Waals surface area contributed by atoms with Crippen molar-refractivity contribution < 1.29 is 14.7 Å². The van der Waals surface area contributed by atoms with Crippen molar-refractivity contribution in [3.8, 4) is 0 Å². The van der Waals surface area contributed by atoms with Crippen molar-refractivity contribution in [3.63, 3.8) is 0 Å². The fraction of sp³-hybridized carbons (Fsp3) is 0.818. The Bertz CT molecular complexity index is 285. The van der Waals surface area contributed by atoms with E-state index in [4.69, 9.17) is 0 Å². The van der Waals surface area contributed by atoms with Gasteiger partial charge in [0.15, 0.2) is 0 Å². The van der Waals surface area contributed by atoms with Gasteiger partial charge in [0.25, 0.3) is 0 Å². The largest absolute Gasteiger partial charge is 0.392 e. The van der Waals surface area contributed by atoms with Crippen molar-refractivity contribution in [2.45, 2.75) is 31.8 Å². The van der Waals surface area contributed by atoms with Gasteiger partial charge in [0, 0.05) is 0 Å². The van der Waals surface area contributed by atoms with Gasteiger partial charge in [-0.2, -0.15) is 0 Å². The van der Waals surface area contributed by atoms with Gasteiger partial charge in [-0.3, -0.25) is 14.9 Å². The molecule has 0 aromatic carbocycles. The second kappa shape index (κ2) is 4.93. The van der Waals surface area contributed by atoms with Crippen molar-refractivity contribution in [3.05, 3.63) is 0 Å². The van der Waals surface area contributed by atoms with Crippen LogP contribution in [0, 0.1) is 11.8 Å². The van der Waals surface area contributed by atoms with Gasteiger partial charge in [-0.15, -0.1) is 0 Å². The molecule has 3 N–H and O–H groups in total. The number of aliphatic hydroxyl groups is 1. The second-order valence-corrected chi connectivity index (χ2v) is 4.65. The van der Waals surface area contributed by atoms with E-state index in [2.05, 4.69) is 10.6 Å². The van der Waals surface area contributed by atoms with Gasteiger partial charge in [-0.1, -0.05) is 0 Å². The molecular weight excluding hydrogens is 208 g/mol. The first-order valence-corrected chi connectivity index (χ1v) is 5.91. The first-order chi connectivity index (χ1) is 7.68. The molecule has 2 aliphatic heterocycles. The summed E-state index contributed by atoms with van der Waals surface area (Å²) in [4.78, 5) is 22.8. The van der Waals surface area contributed by atoms with E-state index in [0.717, 1.165) is 32.4 Å². The van der Waals surface area contributed by atoms with Crippen LogP contribution in [-0.4, -0.2) is 36.1 Å². The molecule has 0 saturated carbocycles. The molecule has 3 unspecified atom stereocenters. The zero-order chi connectivity index (χ0) is 11.5. The number of carbonyl (C=O) groups is 2. The Morgan fingerprint density at radius 1 is 1.19 bits per heavy atom. The second-order valence-electron chi connectivity index (χ2n) is 4.65. The average Bonchev–Trinajstić information content (AvgIpc) is 2.44. The number of aliphatic hydroxyl groups excluding tert-OH is 1. The Balaban J connectivity index is 2.05. The number of nitrogens with one attached hydrogen (secondary N) is 2. The van der Waals surface area contributed by atoms with Crippen LogP contribution >= 0.6 is 0 Å². The molecule has 0 aliphatic carbocycles. The SMILES string of the molecule is O=C1CC(O)C(C2CCCNCC2)C(=O)N1. The zero-order valence-corrected chi connectivity index (χ0v) is 9.24. The fourth-order valence-electron chi connectivity index (χ4n) is 2.70. The summed E-state index contributed by atoms with van der Waals surface area (Å²) >= 11 is 0. The van der Waals surface area contributed by atoms with E-state index in [1.54, 1.807) is 0 Å². The molecule has 0 bridgehead atoms.